The number of alkyl halides is 1. The number of nitrogens with zero attached hydrogens (tertiary/aromatic N) is 3. The van der Waals surface area contributed by atoms with Gasteiger partial charge in [-0.2, -0.15) is 0 Å². The second-order valence-corrected chi connectivity index (χ2v) is 21.4. The molecule has 4 saturated heterocycles. The van der Waals surface area contributed by atoms with Gasteiger partial charge in [-0.3, -0.25) is 19.7 Å². The third-order valence-electron chi connectivity index (χ3n) is 15.3. The van der Waals surface area contributed by atoms with Crippen molar-refractivity contribution in [2.45, 2.75) is 164 Å². The third-order valence-corrected chi connectivity index (χ3v) is 16.2. The maximum atomic E-state index is 12.9. The van der Waals surface area contributed by atoms with Gasteiger partial charge in [0.15, 0.2) is 0 Å². The molecule has 396 valence electrons. The van der Waals surface area contributed by atoms with Crippen LogP contribution < -0.4 is 5.32 Å². The van der Waals surface area contributed by atoms with E-state index in [0.717, 1.165) is 145 Å². The maximum Gasteiger partial charge on any atom is 0.327 e. The fraction of sp³-hybridized carbons (Fsp3) is 0.600. The maximum absolute atomic E-state index is 12.9. The highest BCUT2D eigenvalue weighted by atomic mass is 79.9. The van der Waals surface area contributed by atoms with Crippen molar-refractivity contribution in [3.05, 3.63) is 129 Å². The number of aromatic nitrogens is 2. The van der Waals surface area contributed by atoms with Crippen molar-refractivity contribution in [2.24, 2.45) is 0 Å². The number of unbranched alkanes of at least 4 members (excludes halogenated alkanes) is 2. The van der Waals surface area contributed by atoms with Crippen LogP contribution in [-0.2, 0) is 76.5 Å². The Morgan fingerprint density at radius 1 is 0.644 bits per heavy atom. The Bertz CT molecular complexity index is 2330. The lowest BCUT2D eigenvalue weighted by atomic mass is 9.94. The number of halogens is 1. The molecule has 0 saturated carbocycles. The van der Waals surface area contributed by atoms with E-state index in [1.165, 1.54) is 106 Å². The van der Waals surface area contributed by atoms with Crippen LogP contribution in [-0.4, -0.2) is 106 Å². The minimum atomic E-state index is -0.423. The molecule has 73 heavy (non-hydrogen) atoms. The van der Waals surface area contributed by atoms with Gasteiger partial charge in [0.1, 0.15) is 10.9 Å². The van der Waals surface area contributed by atoms with E-state index in [-0.39, 0.29) is 30.3 Å². The molecule has 13 heteroatoms. The van der Waals surface area contributed by atoms with E-state index in [2.05, 4.69) is 62.5 Å². The van der Waals surface area contributed by atoms with Crippen molar-refractivity contribution >= 4 is 27.9 Å². The summed E-state index contributed by atoms with van der Waals surface area (Å²) in [7, 11) is 2.87. The van der Waals surface area contributed by atoms with Crippen molar-refractivity contribution in [1.82, 2.24) is 20.2 Å². The van der Waals surface area contributed by atoms with Crippen molar-refractivity contribution < 1.29 is 38.0 Å². The van der Waals surface area contributed by atoms with Crippen molar-refractivity contribution in [3.63, 3.8) is 0 Å². The first-order valence-electron chi connectivity index (χ1n) is 27.7. The van der Waals surface area contributed by atoms with Crippen molar-refractivity contribution in [1.29, 1.82) is 0 Å². The molecule has 6 atom stereocenters. The highest BCUT2D eigenvalue weighted by Crippen LogP contribution is 2.38. The van der Waals surface area contributed by atoms with E-state index in [9.17, 15) is 9.59 Å². The SMILES string of the molecule is COC(=O)C(Br)c1ccccc1C1CCCO1.COC(=O)C(c1ccccc1C1CCCO1)N1CC[C@@H](OCCCCc2ccc3c(n2)CCCC3)C1.c1cc2c(nc1CCCCO[C@@H]1CCNC1)CCCC2. The van der Waals surface area contributed by atoms with Gasteiger partial charge in [-0.1, -0.05) is 76.6 Å². The molecule has 2 aromatic carbocycles. The van der Waals surface area contributed by atoms with Crippen molar-refractivity contribution in [3.8, 4) is 0 Å². The number of nitrogens with one attached hydrogen (secondary N) is 1. The van der Waals surface area contributed by atoms with Gasteiger partial charge in [-0.15, -0.1) is 0 Å². The van der Waals surface area contributed by atoms with Gasteiger partial charge in [0.05, 0.1) is 38.6 Å². The second-order valence-electron chi connectivity index (χ2n) is 20.5. The van der Waals surface area contributed by atoms with E-state index >= 15 is 0 Å². The number of ether oxygens (including phenoxy) is 6. The van der Waals surface area contributed by atoms with Crippen LogP contribution in [0.3, 0.4) is 0 Å². The number of fused-ring (bicyclic) bond motifs is 2. The summed E-state index contributed by atoms with van der Waals surface area (Å²) in [5.74, 6) is -0.492. The number of pyridine rings is 2. The van der Waals surface area contributed by atoms with Crippen LogP contribution in [0.4, 0.5) is 0 Å². The Morgan fingerprint density at radius 3 is 1.74 bits per heavy atom. The summed E-state index contributed by atoms with van der Waals surface area (Å²) in [6.45, 7) is 6.94. The summed E-state index contributed by atoms with van der Waals surface area (Å²) < 4.78 is 33.7. The first-order chi connectivity index (χ1) is 35.9. The summed E-state index contributed by atoms with van der Waals surface area (Å²) in [5.41, 5.74) is 12.2. The molecule has 1 N–H and O–H groups in total. The number of carbonyl (C=O) groups is 2. The zero-order valence-corrected chi connectivity index (χ0v) is 45.3. The Labute approximate surface area is 443 Å². The number of benzene rings is 2. The Balaban J connectivity index is 0.000000162. The molecular weight excluding hydrogens is 985 g/mol. The van der Waals surface area contributed by atoms with E-state index in [4.69, 9.17) is 38.4 Å². The van der Waals surface area contributed by atoms with Gasteiger partial charge >= 0.3 is 11.9 Å². The largest absolute Gasteiger partial charge is 0.468 e. The van der Waals surface area contributed by atoms with E-state index in [1.54, 1.807) is 0 Å². The summed E-state index contributed by atoms with van der Waals surface area (Å²) in [6.07, 6.45) is 23.5. The lowest BCUT2D eigenvalue weighted by Crippen LogP contribution is -2.35. The molecule has 0 bridgehead atoms. The Morgan fingerprint density at radius 2 is 1.19 bits per heavy atom. The van der Waals surface area contributed by atoms with Crippen LogP contribution >= 0.6 is 15.9 Å². The smallest absolute Gasteiger partial charge is 0.327 e. The predicted octanol–water partition coefficient (Wildman–Crippen LogP) is 10.9. The van der Waals surface area contributed by atoms with Crippen LogP contribution in [0, 0.1) is 0 Å². The Hall–Kier alpha value is -4.08. The molecule has 4 unspecified atom stereocenters. The molecule has 2 aromatic heterocycles. The minimum Gasteiger partial charge on any atom is -0.468 e. The summed E-state index contributed by atoms with van der Waals surface area (Å²) >= 11 is 3.38. The van der Waals surface area contributed by atoms with Crippen LogP contribution in [0.2, 0.25) is 0 Å². The molecule has 4 fully saturated rings. The first kappa shape index (κ1) is 55.2. The number of hydrogen-bond donors (Lipinski definition) is 1. The van der Waals surface area contributed by atoms with Gasteiger partial charge in [0.2, 0.25) is 0 Å². The minimum absolute atomic E-state index is 0.0626. The number of methoxy groups -OCH3 is 2. The van der Waals surface area contributed by atoms with Crippen molar-refractivity contribution in [2.75, 3.05) is 66.8 Å². The number of aryl methyl sites for hydroxylation is 6. The zero-order valence-electron chi connectivity index (χ0n) is 43.7. The van der Waals surface area contributed by atoms with Gasteiger partial charge < -0.3 is 33.7 Å². The number of rotatable bonds is 19. The number of carbonyl (C=O) groups excluding carboxylic acids is 2. The summed E-state index contributed by atoms with van der Waals surface area (Å²) in [6, 6.07) is 24.7. The molecule has 4 aliphatic heterocycles. The average molecular weight is 1070 g/mol. The quantitative estimate of drug-likeness (QED) is 0.0545. The van der Waals surface area contributed by atoms with Crippen LogP contribution in [0.25, 0.3) is 0 Å². The highest BCUT2D eigenvalue weighted by Gasteiger charge is 2.37. The average Bonchev–Trinajstić information content (AvgIpc) is 4.32. The fourth-order valence-corrected chi connectivity index (χ4v) is 11.9. The van der Waals surface area contributed by atoms with Gasteiger partial charge in [0, 0.05) is 68.8 Å². The molecule has 10 rings (SSSR count). The number of hydrogen-bond acceptors (Lipinski definition) is 12. The van der Waals surface area contributed by atoms with Gasteiger partial charge in [0.25, 0.3) is 0 Å². The van der Waals surface area contributed by atoms with Crippen LogP contribution in [0.5, 0.6) is 0 Å². The monoisotopic (exact) mass is 1060 g/mol. The second kappa shape index (κ2) is 29.3. The fourth-order valence-electron chi connectivity index (χ4n) is 11.3. The topological polar surface area (TPSA) is 131 Å². The van der Waals surface area contributed by atoms with Crippen LogP contribution in [0.15, 0.2) is 72.8 Å². The lowest BCUT2D eigenvalue weighted by Gasteiger charge is -2.28. The summed E-state index contributed by atoms with van der Waals surface area (Å²) in [4.78, 5) is 36.1. The summed E-state index contributed by atoms with van der Waals surface area (Å²) in [5, 5.41) is 3.33. The zero-order chi connectivity index (χ0) is 50.6. The Kier molecular flexibility index (Phi) is 22.1. The highest BCUT2D eigenvalue weighted by molar-refractivity contribution is 9.09. The van der Waals surface area contributed by atoms with Gasteiger partial charge in [-0.05, 0) is 180 Å². The molecule has 0 amide bonds. The number of esters is 2. The molecule has 0 radical (unpaired) electrons. The molecule has 2 aliphatic carbocycles. The van der Waals surface area contributed by atoms with E-state index < -0.39 is 10.9 Å². The van der Waals surface area contributed by atoms with Gasteiger partial charge in [-0.25, -0.2) is 4.79 Å². The molecule has 6 heterocycles. The normalized spacial score (nSPS) is 22.2. The molecule has 4 aromatic rings. The molecule has 6 aliphatic rings. The standard InChI is InChI=1S/C30H40N2O4.C17H26N2O.C13H15BrO3/c1-34-30(33)29(26-12-4-3-11-25(26)28-14-8-20-36-28)32-18-17-24(21-32)35-19-7-6-10-23-16-15-22-9-2-5-13-27(22)31-23;1-2-7-17-14(5-1)8-9-15(19-17)6-3-4-12-20-16-10-11-18-13-16;1-16-13(15)12(14)10-6-3-2-5-9(10)11-7-4-8-17-11/h3-4,11-12,15-16,24,28-29H,2,5-10,13-14,17-21H2,1H3;8-9,16,18H,1-7,10-13H2;2-3,5-6,11-12H,4,7-8H2,1H3/t24-,28?,29?;16-;/m11./s1. The van der Waals surface area contributed by atoms with E-state index in [0.29, 0.717) is 6.10 Å². The third kappa shape index (κ3) is 16.0. The predicted molar refractivity (Wildman–Crippen MR) is 288 cm³/mol. The molecule has 0 spiro atoms. The molecule has 12 nitrogen and oxygen atoms in total. The first-order valence-corrected chi connectivity index (χ1v) is 28.6. The lowest BCUT2D eigenvalue weighted by molar-refractivity contribution is -0.147. The number of likely N-dealkylation sites (tertiary alicyclic amines) is 1. The van der Waals surface area contributed by atoms with E-state index in [1.807, 2.05) is 36.4 Å². The molecular formula is C60H81BrN4O8. The van der Waals surface area contributed by atoms with Crippen LogP contribution in [0.1, 0.15) is 169 Å².